The molecule has 0 amide bonds. The molecule has 4 aromatic rings. The molecule has 1 aliphatic rings. The number of methoxy groups -OCH3 is 1. The molecule has 1 saturated carbocycles. The fourth-order valence-corrected chi connectivity index (χ4v) is 4.29. The van der Waals surface area contributed by atoms with Gasteiger partial charge in [0.25, 0.3) is 0 Å². The average molecular weight is 582 g/mol. The molecular weight excluding hydrogens is 561 g/mol. The quantitative estimate of drug-likeness (QED) is 0.185. The first-order chi connectivity index (χ1) is 19.5. The van der Waals surface area contributed by atoms with Crippen molar-refractivity contribution in [3.05, 3.63) is 70.8 Å². The van der Waals surface area contributed by atoms with E-state index in [-0.39, 0.29) is 17.4 Å². The van der Waals surface area contributed by atoms with Crippen molar-refractivity contribution in [2.24, 2.45) is 0 Å². The van der Waals surface area contributed by atoms with E-state index in [1.165, 1.54) is 18.0 Å². The molecule has 1 aromatic carbocycles. The molecule has 0 saturated heterocycles. The zero-order valence-electron chi connectivity index (χ0n) is 21.5. The number of anilines is 2. The largest absolute Gasteiger partial charge is 0.491 e. The Bertz CT molecular complexity index is 1560. The van der Waals surface area contributed by atoms with Crippen LogP contribution in [0.5, 0.6) is 11.5 Å². The van der Waals surface area contributed by atoms with E-state index in [0.29, 0.717) is 28.5 Å². The first kappa shape index (κ1) is 28.1. The van der Waals surface area contributed by atoms with Gasteiger partial charge in [0.2, 0.25) is 11.6 Å². The average Bonchev–Trinajstić information content (AvgIpc) is 3.72. The van der Waals surface area contributed by atoms with Gasteiger partial charge in [-0.2, -0.15) is 27.1 Å². The minimum absolute atomic E-state index is 0.0425. The molecule has 216 valence electrons. The molecule has 8 nitrogen and oxygen atoms in total. The van der Waals surface area contributed by atoms with Crippen LogP contribution in [0.3, 0.4) is 0 Å². The molecule has 41 heavy (non-hydrogen) atoms. The highest BCUT2D eigenvalue weighted by atomic mass is 19.4. The summed E-state index contributed by atoms with van der Waals surface area (Å²) in [5.74, 6) is -9.02. The smallest absolute Gasteiger partial charge is 0.422 e. The fourth-order valence-electron chi connectivity index (χ4n) is 4.29. The number of aromatic nitrogens is 5. The summed E-state index contributed by atoms with van der Waals surface area (Å²) in [5.41, 5.74) is 0.978. The van der Waals surface area contributed by atoms with Crippen LogP contribution >= 0.6 is 0 Å². The summed E-state index contributed by atoms with van der Waals surface area (Å²) in [6, 6.07) is 3.40. The highest BCUT2D eigenvalue weighted by Gasteiger charge is 2.35. The highest BCUT2D eigenvalue weighted by Crippen LogP contribution is 2.44. The number of benzene rings is 1. The van der Waals surface area contributed by atoms with Gasteiger partial charge in [-0.3, -0.25) is 9.67 Å². The molecule has 5 rings (SSSR count). The lowest BCUT2D eigenvalue weighted by Crippen LogP contribution is -2.21. The second kappa shape index (κ2) is 10.9. The van der Waals surface area contributed by atoms with Crippen LogP contribution < -0.4 is 14.8 Å². The van der Waals surface area contributed by atoms with Gasteiger partial charge in [0.1, 0.15) is 5.69 Å². The lowest BCUT2D eigenvalue weighted by molar-refractivity contribution is -0.154. The number of ether oxygens (including phenoxy) is 2. The van der Waals surface area contributed by atoms with Crippen molar-refractivity contribution in [3.63, 3.8) is 0 Å². The highest BCUT2D eigenvalue weighted by molar-refractivity contribution is 5.66. The summed E-state index contributed by atoms with van der Waals surface area (Å²) in [5, 5.41) is 7.51. The molecule has 0 radical (unpaired) electrons. The number of rotatable bonds is 9. The van der Waals surface area contributed by atoms with Gasteiger partial charge in [0.05, 0.1) is 25.4 Å². The minimum atomic E-state index is -4.98. The van der Waals surface area contributed by atoms with Crippen LogP contribution in [0.2, 0.25) is 0 Å². The molecule has 3 aromatic heterocycles. The summed E-state index contributed by atoms with van der Waals surface area (Å²) in [7, 11) is 1.43. The zero-order valence-corrected chi connectivity index (χ0v) is 21.5. The predicted octanol–water partition coefficient (Wildman–Crippen LogP) is 6.22. The minimum Gasteiger partial charge on any atom is -0.491 e. The lowest BCUT2D eigenvalue weighted by atomic mass is 10.1. The van der Waals surface area contributed by atoms with Gasteiger partial charge in [0.15, 0.2) is 41.4 Å². The van der Waals surface area contributed by atoms with Gasteiger partial charge < -0.3 is 14.8 Å². The first-order valence-electron chi connectivity index (χ1n) is 12.2. The van der Waals surface area contributed by atoms with Gasteiger partial charge in [0, 0.05) is 35.3 Å². The Morgan fingerprint density at radius 3 is 2.27 bits per heavy atom. The summed E-state index contributed by atoms with van der Waals surface area (Å²) in [6.45, 7) is -1.18. The van der Waals surface area contributed by atoms with Crippen molar-refractivity contribution in [2.75, 3.05) is 19.0 Å². The monoisotopic (exact) mass is 582 g/mol. The van der Waals surface area contributed by atoms with Crippen molar-refractivity contribution in [1.82, 2.24) is 24.7 Å². The predicted molar refractivity (Wildman–Crippen MR) is 131 cm³/mol. The van der Waals surface area contributed by atoms with E-state index in [2.05, 4.69) is 30.1 Å². The Morgan fingerprint density at radius 2 is 1.68 bits per heavy atom. The summed E-state index contributed by atoms with van der Waals surface area (Å²) >= 11 is 0. The Labute approximate surface area is 228 Å². The molecule has 0 bridgehead atoms. The molecule has 15 heteroatoms. The summed E-state index contributed by atoms with van der Waals surface area (Å²) in [6.07, 6.45) is 1.05. The Morgan fingerprint density at radius 1 is 1.02 bits per heavy atom. The van der Waals surface area contributed by atoms with Crippen LogP contribution in [0.25, 0.3) is 11.5 Å². The molecule has 0 unspecified atom stereocenters. The van der Waals surface area contributed by atoms with E-state index in [1.54, 1.807) is 31.5 Å². The van der Waals surface area contributed by atoms with Crippen molar-refractivity contribution in [3.8, 4) is 23.0 Å². The third-order valence-electron chi connectivity index (χ3n) is 6.33. The maximum atomic E-state index is 14.9. The molecule has 3 heterocycles. The summed E-state index contributed by atoms with van der Waals surface area (Å²) in [4.78, 5) is 12.8. The maximum Gasteiger partial charge on any atom is 0.422 e. The second-order valence-corrected chi connectivity index (χ2v) is 9.23. The van der Waals surface area contributed by atoms with Gasteiger partial charge in [-0.15, -0.1) is 0 Å². The molecule has 0 spiro atoms. The normalized spacial score (nSPS) is 13.4. The third kappa shape index (κ3) is 5.74. The lowest BCUT2D eigenvalue weighted by Gasteiger charge is -2.15. The number of pyridine rings is 1. The number of alkyl halides is 3. The van der Waals surface area contributed by atoms with Crippen molar-refractivity contribution >= 4 is 11.5 Å². The molecule has 0 aliphatic heterocycles. The van der Waals surface area contributed by atoms with Crippen molar-refractivity contribution in [1.29, 1.82) is 0 Å². The molecular formula is C26H21F7N6O2. The van der Waals surface area contributed by atoms with E-state index < -0.39 is 53.9 Å². The van der Waals surface area contributed by atoms with Gasteiger partial charge >= 0.3 is 6.18 Å². The number of nitrogens with zero attached hydrogens (tertiary/aromatic N) is 5. The van der Waals surface area contributed by atoms with E-state index in [9.17, 15) is 30.7 Å². The third-order valence-corrected chi connectivity index (χ3v) is 6.33. The Kier molecular flexibility index (Phi) is 7.44. The maximum absolute atomic E-state index is 14.9. The van der Waals surface area contributed by atoms with Gasteiger partial charge in [-0.1, -0.05) is 0 Å². The SMILES string of the molecule is COc1cnc(-c2nn(Cc3c(F)c(F)c(OCC(F)(F)F)c(F)c3F)c(C3CC3)c2C)nc1Nc1ccncc1. The van der Waals surface area contributed by atoms with Crippen LogP contribution in [0.4, 0.5) is 42.2 Å². The van der Waals surface area contributed by atoms with Crippen LogP contribution in [0.15, 0.2) is 30.7 Å². The number of halogens is 7. The molecule has 1 fully saturated rings. The Hall–Kier alpha value is -4.43. The van der Waals surface area contributed by atoms with Crippen molar-refractivity contribution < 1.29 is 40.2 Å². The van der Waals surface area contributed by atoms with Crippen LogP contribution in [-0.4, -0.2) is 44.6 Å². The van der Waals surface area contributed by atoms with Gasteiger partial charge in [-0.25, -0.2) is 18.7 Å². The van der Waals surface area contributed by atoms with Crippen LogP contribution in [-0.2, 0) is 6.54 Å². The van der Waals surface area contributed by atoms with Crippen molar-refractivity contribution in [2.45, 2.75) is 38.4 Å². The number of nitrogens with one attached hydrogen (secondary N) is 1. The molecule has 1 aliphatic carbocycles. The first-order valence-corrected chi connectivity index (χ1v) is 12.2. The van der Waals surface area contributed by atoms with E-state index in [0.717, 1.165) is 12.8 Å². The molecule has 1 N–H and O–H groups in total. The second-order valence-electron chi connectivity index (χ2n) is 9.23. The van der Waals surface area contributed by atoms with E-state index >= 15 is 0 Å². The molecule has 0 atom stereocenters. The van der Waals surface area contributed by atoms with E-state index in [1.807, 2.05) is 0 Å². The van der Waals surface area contributed by atoms with E-state index in [4.69, 9.17) is 4.74 Å². The number of hydrogen-bond acceptors (Lipinski definition) is 7. The Balaban J connectivity index is 1.53. The van der Waals surface area contributed by atoms with Crippen LogP contribution in [0, 0.1) is 30.2 Å². The van der Waals surface area contributed by atoms with Gasteiger partial charge in [-0.05, 0) is 31.9 Å². The topological polar surface area (TPSA) is 87.0 Å². The summed E-state index contributed by atoms with van der Waals surface area (Å²) < 4.78 is 107. The standard InChI is InChI=1S/C26H21F7N6O2/c1-12-21(25-35-9-16(40-2)24(37-25)36-14-5-7-34-8-6-14)38-39(22(12)13-3-4-13)10-15-17(27)19(29)23(20(30)18(15)28)41-11-26(31,32)33/h5-9,13H,3-4,10-11H2,1-2H3,(H,34,35,36,37). The van der Waals surface area contributed by atoms with Crippen LogP contribution in [0.1, 0.15) is 35.6 Å². The fraction of sp³-hybridized carbons (Fsp3) is 0.308. The number of hydrogen-bond donors (Lipinski definition) is 1. The zero-order chi connectivity index (χ0) is 29.5.